The van der Waals surface area contributed by atoms with E-state index in [-0.39, 0.29) is 11.3 Å². The first kappa shape index (κ1) is 15.5. The van der Waals surface area contributed by atoms with E-state index >= 15 is 0 Å². The van der Waals surface area contributed by atoms with Gasteiger partial charge in [-0.05, 0) is 18.9 Å². The summed E-state index contributed by atoms with van der Waals surface area (Å²) in [5.74, 6) is 0.103. The zero-order valence-electron chi connectivity index (χ0n) is 13.1. The van der Waals surface area contributed by atoms with Crippen LogP contribution in [0.1, 0.15) is 25.0 Å². The minimum absolute atomic E-state index is 0.0971. The van der Waals surface area contributed by atoms with Crippen LogP contribution in [0.4, 0.5) is 4.79 Å². The molecular formula is C15H20N4O4. The van der Waals surface area contributed by atoms with E-state index in [1.165, 1.54) is 12.0 Å². The molecule has 2 fully saturated rings. The average molecular weight is 320 g/mol. The Morgan fingerprint density at radius 3 is 2.83 bits per heavy atom. The van der Waals surface area contributed by atoms with Crippen LogP contribution in [0, 0.1) is 5.41 Å². The molecule has 0 saturated carbocycles. The maximum Gasteiger partial charge on any atom is 0.407 e. The number of piperidine rings is 1. The van der Waals surface area contributed by atoms with E-state index in [1.54, 1.807) is 17.2 Å². The van der Waals surface area contributed by atoms with Crippen molar-refractivity contribution in [3.63, 3.8) is 0 Å². The van der Waals surface area contributed by atoms with Crippen LogP contribution < -0.4 is 4.74 Å². The van der Waals surface area contributed by atoms with Crippen LogP contribution in [0.3, 0.4) is 0 Å². The first-order chi connectivity index (χ1) is 11.0. The highest BCUT2D eigenvalue weighted by Gasteiger charge is 2.45. The molecule has 0 unspecified atom stereocenters. The molecule has 3 rings (SSSR count). The van der Waals surface area contributed by atoms with Crippen molar-refractivity contribution in [2.45, 2.75) is 25.8 Å². The van der Waals surface area contributed by atoms with E-state index in [4.69, 9.17) is 9.84 Å². The van der Waals surface area contributed by atoms with Gasteiger partial charge in [0.15, 0.2) is 0 Å². The fourth-order valence-electron chi connectivity index (χ4n) is 3.39. The Balaban J connectivity index is 1.65. The molecule has 1 aromatic rings. The van der Waals surface area contributed by atoms with Crippen molar-refractivity contribution in [2.75, 3.05) is 26.7 Å². The maximum atomic E-state index is 12.3. The fourth-order valence-corrected chi connectivity index (χ4v) is 3.39. The zero-order chi connectivity index (χ0) is 16.4. The van der Waals surface area contributed by atoms with Gasteiger partial charge in [-0.1, -0.05) is 0 Å². The number of rotatable bonds is 3. The van der Waals surface area contributed by atoms with E-state index in [9.17, 15) is 9.59 Å². The summed E-state index contributed by atoms with van der Waals surface area (Å²) in [4.78, 5) is 34.8. The summed E-state index contributed by atoms with van der Waals surface area (Å²) in [6.45, 7) is 2.09. The van der Waals surface area contributed by atoms with Crippen molar-refractivity contribution in [3.8, 4) is 6.01 Å². The van der Waals surface area contributed by atoms with Crippen LogP contribution in [0.2, 0.25) is 0 Å². The van der Waals surface area contributed by atoms with Gasteiger partial charge in [-0.15, -0.1) is 0 Å². The number of amides is 2. The molecule has 0 aromatic carbocycles. The minimum atomic E-state index is -0.880. The zero-order valence-corrected chi connectivity index (χ0v) is 13.1. The van der Waals surface area contributed by atoms with Gasteiger partial charge in [0.05, 0.1) is 19.3 Å². The molecular weight excluding hydrogens is 300 g/mol. The molecule has 0 bridgehead atoms. The Morgan fingerprint density at radius 1 is 1.43 bits per heavy atom. The molecule has 2 aliphatic rings. The normalized spacial score (nSPS) is 20.1. The first-order valence-electron chi connectivity index (χ1n) is 7.63. The summed E-state index contributed by atoms with van der Waals surface area (Å²) in [5, 5.41) is 9.04. The molecule has 124 valence electrons. The average Bonchev–Trinajstić information content (AvgIpc) is 2.83. The third-order valence-corrected chi connectivity index (χ3v) is 4.73. The highest BCUT2D eigenvalue weighted by Crippen LogP contribution is 2.41. The molecule has 2 saturated heterocycles. The lowest BCUT2D eigenvalue weighted by Crippen LogP contribution is -2.43. The van der Waals surface area contributed by atoms with Gasteiger partial charge in [0.2, 0.25) is 5.91 Å². The Kier molecular flexibility index (Phi) is 4.06. The smallest absolute Gasteiger partial charge is 0.407 e. The Bertz CT molecular complexity index is 613. The minimum Gasteiger partial charge on any atom is -0.467 e. The second kappa shape index (κ2) is 6.02. The van der Waals surface area contributed by atoms with Gasteiger partial charge in [0.1, 0.15) is 0 Å². The molecule has 1 N–H and O–H groups in total. The van der Waals surface area contributed by atoms with Crippen molar-refractivity contribution < 1.29 is 19.4 Å². The van der Waals surface area contributed by atoms with Crippen molar-refractivity contribution in [1.82, 2.24) is 19.8 Å². The lowest BCUT2D eigenvalue weighted by Gasteiger charge is -2.37. The molecule has 23 heavy (non-hydrogen) atoms. The van der Waals surface area contributed by atoms with E-state index < -0.39 is 6.09 Å². The van der Waals surface area contributed by atoms with E-state index in [0.717, 1.165) is 18.5 Å². The molecule has 3 heterocycles. The van der Waals surface area contributed by atoms with Crippen LogP contribution in [0.15, 0.2) is 12.3 Å². The Morgan fingerprint density at radius 2 is 2.17 bits per heavy atom. The monoisotopic (exact) mass is 320 g/mol. The maximum absolute atomic E-state index is 12.3. The van der Waals surface area contributed by atoms with Gasteiger partial charge < -0.3 is 19.6 Å². The Labute approximate surface area is 134 Å². The number of carboxylic acid groups (broad SMARTS) is 1. The number of likely N-dealkylation sites (tertiary alicyclic amines) is 2. The molecule has 8 heteroatoms. The third kappa shape index (κ3) is 3.20. The molecule has 2 amide bonds. The van der Waals surface area contributed by atoms with E-state index in [2.05, 4.69) is 9.97 Å². The van der Waals surface area contributed by atoms with Gasteiger partial charge >= 0.3 is 12.1 Å². The Hall–Kier alpha value is -2.38. The highest BCUT2D eigenvalue weighted by molar-refractivity contribution is 5.79. The van der Waals surface area contributed by atoms with E-state index in [1.807, 2.05) is 0 Å². The number of ether oxygens (including phenoxy) is 1. The summed E-state index contributed by atoms with van der Waals surface area (Å²) in [7, 11) is 1.51. The molecule has 1 spiro atoms. The van der Waals surface area contributed by atoms with Crippen LogP contribution in [0.25, 0.3) is 0 Å². The molecule has 8 nitrogen and oxygen atoms in total. The number of methoxy groups -OCH3 is 1. The number of nitrogens with zero attached hydrogens (tertiary/aromatic N) is 4. The lowest BCUT2D eigenvalue weighted by molar-refractivity contribution is -0.128. The number of carbonyl (C=O) groups is 2. The molecule has 0 aliphatic carbocycles. The lowest BCUT2D eigenvalue weighted by atomic mass is 9.78. The third-order valence-electron chi connectivity index (χ3n) is 4.73. The summed E-state index contributed by atoms with van der Waals surface area (Å²) in [6.07, 6.45) is 2.68. The van der Waals surface area contributed by atoms with Crippen molar-refractivity contribution in [2.24, 2.45) is 5.41 Å². The number of aromatic nitrogens is 2. The van der Waals surface area contributed by atoms with Gasteiger partial charge in [0.25, 0.3) is 0 Å². The quantitative estimate of drug-likeness (QED) is 0.892. The van der Waals surface area contributed by atoms with Gasteiger partial charge in [0, 0.05) is 37.7 Å². The first-order valence-corrected chi connectivity index (χ1v) is 7.63. The summed E-state index contributed by atoms with van der Waals surface area (Å²) >= 11 is 0. The second-order valence-corrected chi connectivity index (χ2v) is 6.23. The highest BCUT2D eigenvalue weighted by atomic mass is 16.5. The molecule has 0 atom stereocenters. The van der Waals surface area contributed by atoms with Crippen LogP contribution in [-0.4, -0.2) is 63.6 Å². The molecule has 2 aliphatic heterocycles. The van der Waals surface area contributed by atoms with Crippen LogP contribution >= 0.6 is 0 Å². The SMILES string of the molecule is COc1nccc(CN2CC3(CCN(C(=O)O)CC3)CC2=O)n1. The summed E-state index contributed by atoms with van der Waals surface area (Å²) in [6, 6.07) is 2.06. The van der Waals surface area contributed by atoms with Crippen molar-refractivity contribution in [1.29, 1.82) is 0 Å². The van der Waals surface area contributed by atoms with Crippen LogP contribution in [0.5, 0.6) is 6.01 Å². The molecule has 1 aromatic heterocycles. The summed E-state index contributed by atoms with van der Waals surface area (Å²) < 4.78 is 5.00. The van der Waals surface area contributed by atoms with Crippen LogP contribution in [-0.2, 0) is 11.3 Å². The largest absolute Gasteiger partial charge is 0.467 e. The van der Waals surface area contributed by atoms with Gasteiger partial charge in [-0.3, -0.25) is 4.79 Å². The molecule has 0 radical (unpaired) electrons. The fraction of sp³-hybridized carbons (Fsp3) is 0.600. The van der Waals surface area contributed by atoms with Gasteiger partial charge in [-0.25, -0.2) is 9.78 Å². The van der Waals surface area contributed by atoms with Crippen molar-refractivity contribution >= 4 is 12.0 Å². The standard InChI is InChI=1S/C15H20N4O4/c1-23-13-16-5-2-11(17-13)9-19-10-15(8-12(19)20)3-6-18(7-4-15)14(21)22/h2,5H,3-4,6-10H2,1H3,(H,21,22). The second-order valence-electron chi connectivity index (χ2n) is 6.23. The number of carbonyl (C=O) groups excluding carboxylic acids is 1. The van der Waals surface area contributed by atoms with E-state index in [0.29, 0.717) is 38.6 Å². The predicted molar refractivity (Wildman–Crippen MR) is 79.9 cm³/mol. The van der Waals surface area contributed by atoms with Gasteiger partial charge in [-0.2, -0.15) is 4.98 Å². The predicted octanol–water partition coefficient (Wildman–Crippen LogP) is 0.978. The number of hydrogen-bond acceptors (Lipinski definition) is 5. The topological polar surface area (TPSA) is 95.9 Å². The number of hydrogen-bond donors (Lipinski definition) is 1. The van der Waals surface area contributed by atoms with Crippen molar-refractivity contribution in [3.05, 3.63) is 18.0 Å². The summed E-state index contributed by atoms with van der Waals surface area (Å²) in [5.41, 5.74) is 0.644.